The minimum absolute atomic E-state index is 0.268. The number of fused-ring (bicyclic) bond motifs is 1. The van der Waals surface area contributed by atoms with E-state index in [1.54, 1.807) is 30.5 Å². The largest absolute Gasteiger partial charge is 0.339 e. The molecule has 6 rings (SSSR count). The van der Waals surface area contributed by atoms with E-state index in [1.807, 2.05) is 13.0 Å². The van der Waals surface area contributed by atoms with E-state index in [2.05, 4.69) is 25.7 Å². The molecule has 1 N–H and O–H groups in total. The highest BCUT2D eigenvalue weighted by Gasteiger charge is 2.43. The average molecular weight is 493 g/mol. The van der Waals surface area contributed by atoms with Crippen molar-refractivity contribution in [2.75, 3.05) is 5.32 Å². The van der Waals surface area contributed by atoms with Crippen molar-refractivity contribution in [3.8, 4) is 22.6 Å². The van der Waals surface area contributed by atoms with Crippen molar-refractivity contribution in [1.82, 2.24) is 29.5 Å². The minimum atomic E-state index is -2.74. The Balaban J connectivity index is 1.28. The second-order valence-corrected chi connectivity index (χ2v) is 8.56. The summed E-state index contributed by atoms with van der Waals surface area (Å²) < 4.78 is 46.4. The van der Waals surface area contributed by atoms with E-state index in [0.717, 1.165) is 5.56 Å². The van der Waals surface area contributed by atoms with Gasteiger partial charge in [0, 0.05) is 29.2 Å². The molecular formula is C24H18F3N7O2. The number of anilines is 1. The van der Waals surface area contributed by atoms with Gasteiger partial charge in [0.1, 0.15) is 6.17 Å². The molecule has 1 aliphatic carbocycles. The monoisotopic (exact) mass is 493 g/mol. The van der Waals surface area contributed by atoms with Gasteiger partial charge in [-0.15, -0.1) is 0 Å². The molecule has 0 saturated heterocycles. The number of amides is 1. The highest BCUT2D eigenvalue weighted by Crippen LogP contribution is 2.43. The van der Waals surface area contributed by atoms with Gasteiger partial charge in [-0.1, -0.05) is 17.3 Å². The van der Waals surface area contributed by atoms with Crippen LogP contribution in [0.2, 0.25) is 0 Å². The van der Waals surface area contributed by atoms with Gasteiger partial charge in [0.2, 0.25) is 11.7 Å². The van der Waals surface area contributed by atoms with Gasteiger partial charge in [0.05, 0.1) is 28.9 Å². The zero-order valence-corrected chi connectivity index (χ0v) is 18.8. The molecule has 1 unspecified atom stereocenters. The number of hydrogen-bond acceptors (Lipinski definition) is 6. The van der Waals surface area contributed by atoms with Crippen LogP contribution >= 0.6 is 0 Å². The van der Waals surface area contributed by atoms with E-state index in [1.165, 1.54) is 23.0 Å². The van der Waals surface area contributed by atoms with Crippen LogP contribution in [-0.2, 0) is 0 Å². The number of nitrogens with one attached hydrogen (secondary N) is 1. The van der Waals surface area contributed by atoms with E-state index < -0.39 is 18.6 Å². The molecule has 1 aromatic carbocycles. The predicted molar refractivity (Wildman–Crippen MR) is 122 cm³/mol. The van der Waals surface area contributed by atoms with Crippen LogP contribution in [0, 0.1) is 6.92 Å². The lowest BCUT2D eigenvalue weighted by molar-refractivity contribution is 0.0568. The Bertz CT molecular complexity index is 1610. The molecule has 0 bridgehead atoms. The molecule has 182 valence electrons. The third-order valence-corrected chi connectivity index (χ3v) is 6.09. The molecule has 4 heterocycles. The topological polar surface area (TPSA) is 103 Å². The van der Waals surface area contributed by atoms with Crippen LogP contribution in [-0.4, -0.2) is 41.6 Å². The van der Waals surface area contributed by atoms with E-state index >= 15 is 0 Å². The highest BCUT2D eigenvalue weighted by atomic mass is 19.3. The average Bonchev–Trinajstić information content (AvgIpc) is 3.32. The molecule has 4 aromatic heterocycles. The van der Waals surface area contributed by atoms with Crippen molar-refractivity contribution >= 4 is 17.1 Å². The lowest BCUT2D eigenvalue weighted by atomic mass is 10.1. The lowest BCUT2D eigenvalue weighted by Gasteiger charge is -2.09. The van der Waals surface area contributed by atoms with Gasteiger partial charge in [0.15, 0.2) is 0 Å². The van der Waals surface area contributed by atoms with Crippen LogP contribution in [0.4, 0.5) is 18.9 Å². The lowest BCUT2D eigenvalue weighted by Crippen LogP contribution is -2.12. The first-order chi connectivity index (χ1) is 17.4. The van der Waals surface area contributed by atoms with Crippen molar-refractivity contribution in [3.63, 3.8) is 0 Å². The number of nitrogens with zero attached hydrogens (tertiary/aromatic N) is 6. The van der Waals surface area contributed by atoms with Crippen LogP contribution in [0.25, 0.3) is 28.2 Å². The van der Waals surface area contributed by atoms with Crippen molar-refractivity contribution in [1.29, 1.82) is 0 Å². The van der Waals surface area contributed by atoms with Crippen molar-refractivity contribution < 1.29 is 22.5 Å². The molecule has 0 spiro atoms. The standard InChI is InChI=1S/C24H18F3N7O2/c1-12-2-3-14(21-30-23(36-32-21)15-10-17(15)25)8-19(12)29-22(35)16-11-28-33-6-4-13(9-20(16)33)18-5-7-34(31-18)24(26)27/h2-9,11,15,17,24H,10H2,1H3,(H,29,35)/t15-,17?/m0/s1. The van der Waals surface area contributed by atoms with Gasteiger partial charge in [-0.3, -0.25) is 4.79 Å². The van der Waals surface area contributed by atoms with E-state index in [9.17, 15) is 18.0 Å². The van der Waals surface area contributed by atoms with E-state index in [4.69, 9.17) is 4.52 Å². The Morgan fingerprint density at radius 1 is 1.17 bits per heavy atom. The fourth-order valence-corrected chi connectivity index (χ4v) is 3.92. The van der Waals surface area contributed by atoms with Gasteiger partial charge in [-0.25, -0.2) is 13.6 Å². The fraction of sp³-hybridized carbons (Fsp3) is 0.208. The molecule has 1 amide bonds. The fourth-order valence-electron chi connectivity index (χ4n) is 3.92. The molecule has 0 aliphatic heterocycles. The van der Waals surface area contributed by atoms with Gasteiger partial charge in [-0.05, 0) is 43.2 Å². The Morgan fingerprint density at radius 3 is 2.75 bits per heavy atom. The molecule has 5 aromatic rings. The Kier molecular flexibility index (Phi) is 5.09. The summed E-state index contributed by atoms with van der Waals surface area (Å²) in [7, 11) is 0. The maximum Gasteiger partial charge on any atom is 0.333 e. The summed E-state index contributed by atoms with van der Waals surface area (Å²) >= 11 is 0. The van der Waals surface area contributed by atoms with Crippen LogP contribution in [0.15, 0.2) is 59.5 Å². The molecule has 9 nitrogen and oxygen atoms in total. The first kappa shape index (κ1) is 22.0. The van der Waals surface area contributed by atoms with E-state index in [0.29, 0.717) is 50.5 Å². The SMILES string of the molecule is Cc1ccc(-c2noc([C@H]3CC3F)n2)cc1NC(=O)c1cnn2ccc(-c3ccn(C(F)F)n3)cc12. The number of hydrogen-bond donors (Lipinski definition) is 1. The maximum atomic E-state index is 13.3. The molecule has 0 radical (unpaired) electrons. The van der Waals surface area contributed by atoms with Crippen molar-refractivity contribution in [3.05, 3.63) is 72.0 Å². The summed E-state index contributed by atoms with van der Waals surface area (Å²) in [5.41, 5.74) is 3.63. The van der Waals surface area contributed by atoms with Gasteiger partial charge >= 0.3 is 6.55 Å². The Hall–Kier alpha value is -4.48. The zero-order valence-electron chi connectivity index (χ0n) is 18.8. The summed E-state index contributed by atoms with van der Waals surface area (Å²) in [4.78, 5) is 17.5. The van der Waals surface area contributed by atoms with Crippen LogP contribution < -0.4 is 5.32 Å². The van der Waals surface area contributed by atoms with Gasteiger partial charge in [0.25, 0.3) is 5.91 Å². The second kappa shape index (κ2) is 8.33. The number of aromatic nitrogens is 6. The first-order valence-corrected chi connectivity index (χ1v) is 11.1. The third-order valence-electron chi connectivity index (χ3n) is 6.09. The van der Waals surface area contributed by atoms with Gasteiger partial charge in [-0.2, -0.15) is 24.0 Å². The quantitative estimate of drug-likeness (QED) is 0.356. The van der Waals surface area contributed by atoms with E-state index in [-0.39, 0.29) is 11.8 Å². The van der Waals surface area contributed by atoms with Crippen LogP contribution in [0.5, 0.6) is 0 Å². The third kappa shape index (κ3) is 3.89. The second-order valence-electron chi connectivity index (χ2n) is 8.56. The van der Waals surface area contributed by atoms with Crippen molar-refractivity contribution in [2.24, 2.45) is 0 Å². The molecule has 2 atom stereocenters. The molecule has 1 aliphatic rings. The Labute approximate surface area is 201 Å². The van der Waals surface area contributed by atoms with Crippen molar-refractivity contribution in [2.45, 2.75) is 32.0 Å². The number of alkyl halides is 3. The summed E-state index contributed by atoms with van der Waals surface area (Å²) in [6.07, 6.45) is 3.69. The maximum absolute atomic E-state index is 13.3. The number of carbonyl (C=O) groups excluding carboxylic acids is 1. The number of aryl methyl sites for hydroxylation is 1. The summed E-state index contributed by atoms with van der Waals surface area (Å²) in [6, 6.07) is 10.1. The number of rotatable bonds is 6. The molecule has 36 heavy (non-hydrogen) atoms. The first-order valence-electron chi connectivity index (χ1n) is 11.1. The predicted octanol–water partition coefficient (Wildman–Crippen LogP) is 5.03. The number of benzene rings is 1. The zero-order chi connectivity index (χ0) is 25.0. The molecule has 1 fully saturated rings. The normalized spacial score (nSPS) is 17.1. The van der Waals surface area contributed by atoms with Gasteiger partial charge < -0.3 is 9.84 Å². The molecule has 1 saturated carbocycles. The number of carbonyl (C=O) groups is 1. The minimum Gasteiger partial charge on any atom is -0.339 e. The summed E-state index contributed by atoms with van der Waals surface area (Å²) in [6.45, 7) is -0.905. The molecule has 12 heteroatoms. The Morgan fingerprint density at radius 2 is 2.00 bits per heavy atom. The summed E-state index contributed by atoms with van der Waals surface area (Å²) in [5, 5.41) is 14.9. The smallest absolute Gasteiger partial charge is 0.333 e. The molecular weight excluding hydrogens is 475 g/mol. The number of pyridine rings is 1. The van der Waals surface area contributed by atoms with Crippen LogP contribution in [0.1, 0.15) is 40.7 Å². The summed E-state index contributed by atoms with van der Waals surface area (Å²) in [5.74, 6) is -0.180. The highest BCUT2D eigenvalue weighted by molar-refractivity contribution is 6.09. The van der Waals surface area contributed by atoms with Crippen LogP contribution in [0.3, 0.4) is 0 Å². The number of halogens is 3.